The van der Waals surface area contributed by atoms with E-state index in [1.54, 1.807) is 16.6 Å². The average Bonchev–Trinajstić information content (AvgIpc) is 3.03. The van der Waals surface area contributed by atoms with E-state index in [-0.39, 0.29) is 5.82 Å². The highest BCUT2D eigenvalue weighted by Crippen LogP contribution is 2.39. The Morgan fingerprint density at radius 2 is 1.96 bits per heavy atom. The minimum absolute atomic E-state index is 0.358. The Morgan fingerprint density at radius 1 is 1.20 bits per heavy atom. The van der Waals surface area contributed by atoms with Crippen LogP contribution < -0.4 is 4.90 Å². The van der Waals surface area contributed by atoms with Crippen LogP contribution in [-0.4, -0.2) is 32.7 Å². The molecule has 1 aliphatic rings. The zero-order valence-electron chi connectivity index (χ0n) is 14.2. The van der Waals surface area contributed by atoms with Gasteiger partial charge >= 0.3 is 0 Å². The van der Waals surface area contributed by atoms with Crippen molar-refractivity contribution < 1.29 is 4.39 Å². The summed E-state index contributed by atoms with van der Waals surface area (Å²) < 4.78 is 16.4. The smallest absolute Gasteiger partial charge is 0.254 e. The second-order valence-corrected chi connectivity index (χ2v) is 7.04. The summed E-state index contributed by atoms with van der Waals surface area (Å²) in [6.07, 6.45) is 3.65. The van der Waals surface area contributed by atoms with Crippen LogP contribution in [0, 0.1) is 18.7 Å². The Bertz CT molecular complexity index is 910. The van der Waals surface area contributed by atoms with Gasteiger partial charge in [-0.3, -0.25) is 0 Å². The normalized spacial score (nSPS) is 15.9. The number of nitrogens with zero attached hydrogens (tertiary/aromatic N) is 5. The van der Waals surface area contributed by atoms with Crippen LogP contribution >= 0.6 is 11.6 Å². The molecular weight excluding hydrogens is 341 g/mol. The first-order valence-electron chi connectivity index (χ1n) is 8.46. The first-order valence-corrected chi connectivity index (χ1v) is 8.83. The predicted molar refractivity (Wildman–Crippen MR) is 96.5 cm³/mol. The molecule has 2 aromatic heterocycles. The Balaban J connectivity index is 2.00. The van der Waals surface area contributed by atoms with Crippen molar-refractivity contribution in [3.05, 3.63) is 41.1 Å². The summed E-state index contributed by atoms with van der Waals surface area (Å²) in [7, 11) is 0. The monoisotopic (exact) mass is 359 g/mol. The van der Waals surface area contributed by atoms with E-state index in [9.17, 15) is 4.39 Å². The van der Waals surface area contributed by atoms with Gasteiger partial charge in [0.1, 0.15) is 18.0 Å². The number of aryl methyl sites for hydroxylation is 1. The number of piperidine rings is 1. The molecule has 0 unspecified atom stereocenters. The van der Waals surface area contributed by atoms with E-state index in [2.05, 4.69) is 26.9 Å². The predicted octanol–water partition coefficient (Wildman–Crippen LogP) is 4.13. The fourth-order valence-electron chi connectivity index (χ4n) is 3.48. The third-order valence-corrected chi connectivity index (χ3v) is 5.19. The fourth-order valence-corrected chi connectivity index (χ4v) is 3.73. The minimum Gasteiger partial charge on any atom is -0.356 e. The van der Waals surface area contributed by atoms with E-state index in [1.807, 2.05) is 6.92 Å². The molecule has 1 saturated heterocycles. The molecule has 0 N–H and O–H groups in total. The zero-order chi connectivity index (χ0) is 17.6. The molecule has 0 aliphatic carbocycles. The molecule has 5 nitrogen and oxygen atoms in total. The lowest BCUT2D eigenvalue weighted by Gasteiger charge is -2.33. The van der Waals surface area contributed by atoms with Crippen molar-refractivity contribution in [1.82, 2.24) is 19.6 Å². The Morgan fingerprint density at radius 3 is 2.68 bits per heavy atom. The van der Waals surface area contributed by atoms with E-state index in [1.165, 1.54) is 12.4 Å². The number of hydrogen-bond acceptors (Lipinski definition) is 4. The van der Waals surface area contributed by atoms with Gasteiger partial charge in [0.05, 0.1) is 16.3 Å². The van der Waals surface area contributed by atoms with Crippen molar-refractivity contribution >= 4 is 23.2 Å². The summed E-state index contributed by atoms with van der Waals surface area (Å²) in [4.78, 5) is 11.0. The van der Waals surface area contributed by atoms with E-state index < -0.39 is 0 Å². The van der Waals surface area contributed by atoms with Gasteiger partial charge in [-0.2, -0.15) is 14.6 Å². The first kappa shape index (κ1) is 16.3. The van der Waals surface area contributed by atoms with E-state index in [0.29, 0.717) is 33.5 Å². The summed E-state index contributed by atoms with van der Waals surface area (Å²) in [6, 6.07) is 4.74. The van der Waals surface area contributed by atoms with Gasteiger partial charge in [0.15, 0.2) is 0 Å². The van der Waals surface area contributed by atoms with Gasteiger partial charge in [-0.15, -0.1) is 0 Å². The lowest BCUT2D eigenvalue weighted by Crippen LogP contribution is -2.35. The highest BCUT2D eigenvalue weighted by molar-refractivity contribution is 6.33. The molecule has 0 bridgehead atoms. The second-order valence-electron chi connectivity index (χ2n) is 6.63. The molecule has 1 aliphatic heterocycles. The molecule has 0 amide bonds. The molecule has 0 radical (unpaired) electrons. The quantitative estimate of drug-likeness (QED) is 0.690. The topological polar surface area (TPSA) is 46.3 Å². The van der Waals surface area contributed by atoms with Crippen LogP contribution in [0.4, 0.5) is 10.2 Å². The number of fused-ring (bicyclic) bond motifs is 1. The molecule has 0 spiro atoms. The SMILES string of the molecule is Cc1nc2ncnn2c(N2CCC(C)CC2)c1-c1c(F)cccc1Cl. The van der Waals surface area contributed by atoms with Crippen molar-refractivity contribution in [1.29, 1.82) is 0 Å². The maximum absolute atomic E-state index is 14.7. The third kappa shape index (κ3) is 2.74. The van der Waals surface area contributed by atoms with Gasteiger partial charge in [0.2, 0.25) is 0 Å². The van der Waals surface area contributed by atoms with Crippen molar-refractivity contribution in [3.63, 3.8) is 0 Å². The molecule has 130 valence electrons. The Hall–Kier alpha value is -2.21. The van der Waals surface area contributed by atoms with Crippen molar-refractivity contribution in [3.8, 4) is 11.1 Å². The largest absolute Gasteiger partial charge is 0.356 e. The van der Waals surface area contributed by atoms with Crippen LogP contribution in [0.1, 0.15) is 25.5 Å². The van der Waals surface area contributed by atoms with Crippen LogP contribution in [0.3, 0.4) is 0 Å². The molecule has 7 heteroatoms. The van der Waals surface area contributed by atoms with Crippen LogP contribution in [0.25, 0.3) is 16.9 Å². The number of benzene rings is 1. The second kappa shape index (κ2) is 6.26. The number of anilines is 1. The van der Waals surface area contributed by atoms with Gasteiger partial charge in [-0.1, -0.05) is 24.6 Å². The standard InChI is InChI=1S/C18H19ClFN5/c1-11-6-8-24(9-7-11)17-15(16-13(19)4-3-5-14(16)20)12(2)23-18-21-10-22-25(17)18/h3-5,10-11H,6-9H2,1-2H3. The average molecular weight is 360 g/mol. The number of aromatic nitrogens is 4. The van der Waals surface area contributed by atoms with E-state index in [0.717, 1.165) is 31.7 Å². The summed E-state index contributed by atoms with van der Waals surface area (Å²) >= 11 is 6.36. The number of hydrogen-bond donors (Lipinski definition) is 0. The van der Waals surface area contributed by atoms with Gasteiger partial charge in [0.25, 0.3) is 5.78 Å². The molecule has 1 aromatic carbocycles. The molecule has 3 aromatic rings. The maximum atomic E-state index is 14.7. The van der Waals surface area contributed by atoms with Crippen LogP contribution in [0.5, 0.6) is 0 Å². The van der Waals surface area contributed by atoms with Crippen LogP contribution in [0.15, 0.2) is 24.5 Å². The van der Waals surface area contributed by atoms with E-state index in [4.69, 9.17) is 11.6 Å². The van der Waals surface area contributed by atoms with Gasteiger partial charge in [-0.25, -0.2) is 9.37 Å². The van der Waals surface area contributed by atoms with Gasteiger partial charge in [0, 0.05) is 18.7 Å². The molecule has 1 fully saturated rings. The fraction of sp³-hybridized carbons (Fsp3) is 0.389. The molecule has 0 atom stereocenters. The summed E-state index contributed by atoms with van der Waals surface area (Å²) in [5.41, 5.74) is 1.76. The molecule has 25 heavy (non-hydrogen) atoms. The van der Waals surface area contributed by atoms with Crippen molar-refractivity contribution in [2.45, 2.75) is 26.7 Å². The van der Waals surface area contributed by atoms with Crippen molar-refractivity contribution in [2.24, 2.45) is 5.92 Å². The Labute approximate surface area is 150 Å². The van der Waals surface area contributed by atoms with Gasteiger partial charge in [-0.05, 0) is 37.8 Å². The third-order valence-electron chi connectivity index (χ3n) is 4.88. The molecule has 0 saturated carbocycles. The highest BCUT2D eigenvalue weighted by atomic mass is 35.5. The molecule has 3 heterocycles. The summed E-state index contributed by atoms with van der Waals surface area (Å²) in [5.74, 6) is 1.66. The summed E-state index contributed by atoms with van der Waals surface area (Å²) in [5, 5.41) is 4.71. The minimum atomic E-state index is -0.358. The number of halogens is 2. The lowest BCUT2D eigenvalue weighted by atomic mass is 9.97. The number of rotatable bonds is 2. The summed E-state index contributed by atoms with van der Waals surface area (Å²) in [6.45, 7) is 5.90. The van der Waals surface area contributed by atoms with Gasteiger partial charge < -0.3 is 4.90 Å². The first-order chi connectivity index (χ1) is 12.1. The van der Waals surface area contributed by atoms with Crippen molar-refractivity contribution in [2.75, 3.05) is 18.0 Å². The zero-order valence-corrected chi connectivity index (χ0v) is 15.0. The van der Waals surface area contributed by atoms with E-state index >= 15 is 0 Å². The highest BCUT2D eigenvalue weighted by Gasteiger charge is 2.27. The maximum Gasteiger partial charge on any atom is 0.254 e. The van der Waals surface area contributed by atoms with Crippen LogP contribution in [-0.2, 0) is 0 Å². The Kier molecular flexibility index (Phi) is 4.07. The van der Waals surface area contributed by atoms with Crippen LogP contribution in [0.2, 0.25) is 5.02 Å². The molecular formula is C18H19ClFN5. The lowest BCUT2D eigenvalue weighted by molar-refractivity contribution is 0.435. The molecule has 4 rings (SSSR count).